The van der Waals surface area contributed by atoms with Crippen molar-refractivity contribution in [2.24, 2.45) is 0 Å². The number of thioether (sulfide) groups is 1. The zero-order valence-electron chi connectivity index (χ0n) is 13.9. The lowest BCUT2D eigenvalue weighted by Gasteiger charge is -2.07. The van der Waals surface area contributed by atoms with E-state index in [1.54, 1.807) is 22.7 Å². The molecule has 1 aromatic carbocycles. The first-order chi connectivity index (χ1) is 12.3. The maximum Gasteiger partial charge on any atom is 0.127 e. The van der Waals surface area contributed by atoms with Crippen LogP contribution in [0.1, 0.15) is 13.3 Å². The van der Waals surface area contributed by atoms with Gasteiger partial charge in [-0.15, -0.1) is 34.4 Å². The molecule has 0 spiro atoms. The molecule has 5 heteroatoms. The van der Waals surface area contributed by atoms with E-state index in [0.29, 0.717) is 0 Å². The number of hydrogen-bond acceptors (Lipinski definition) is 5. The lowest BCUT2D eigenvalue weighted by molar-refractivity contribution is 1.11. The second-order valence-corrected chi connectivity index (χ2v) is 9.04. The molecule has 0 radical (unpaired) electrons. The van der Waals surface area contributed by atoms with Crippen molar-refractivity contribution in [1.82, 2.24) is 4.98 Å². The van der Waals surface area contributed by atoms with E-state index in [-0.39, 0.29) is 0 Å². The van der Waals surface area contributed by atoms with Crippen LogP contribution in [0.4, 0.5) is 5.69 Å². The Labute approximate surface area is 159 Å². The van der Waals surface area contributed by atoms with Gasteiger partial charge in [-0.3, -0.25) is 0 Å². The van der Waals surface area contributed by atoms with Gasteiger partial charge in [-0.25, -0.2) is 4.98 Å². The molecular weight excluding hydrogens is 364 g/mol. The second-order valence-electron chi connectivity index (χ2n) is 5.73. The number of thiophene rings is 2. The number of anilines is 1. The third kappa shape index (κ3) is 3.19. The minimum Gasteiger partial charge on any atom is -0.397 e. The van der Waals surface area contributed by atoms with Crippen LogP contribution < -0.4 is 5.73 Å². The van der Waals surface area contributed by atoms with Crippen LogP contribution in [0.15, 0.2) is 58.1 Å². The molecule has 0 aliphatic heterocycles. The molecule has 3 aromatic heterocycles. The fraction of sp³-hybridized carbons (Fsp3) is 0.150. The largest absolute Gasteiger partial charge is 0.397 e. The molecule has 0 saturated carbocycles. The van der Waals surface area contributed by atoms with Crippen LogP contribution in [0.2, 0.25) is 0 Å². The molecule has 25 heavy (non-hydrogen) atoms. The number of hydrogen-bond donors (Lipinski definition) is 1. The third-order valence-corrected chi connectivity index (χ3v) is 7.45. The normalized spacial score (nSPS) is 11.2. The number of nitrogen functional groups attached to an aromatic ring is 1. The van der Waals surface area contributed by atoms with Crippen molar-refractivity contribution in [3.05, 3.63) is 53.9 Å². The Balaban J connectivity index is 1.97. The summed E-state index contributed by atoms with van der Waals surface area (Å²) >= 11 is 5.27. The smallest absolute Gasteiger partial charge is 0.127 e. The maximum absolute atomic E-state index is 6.54. The molecule has 4 aromatic rings. The number of fused-ring (bicyclic) bond motifs is 1. The van der Waals surface area contributed by atoms with Gasteiger partial charge in [-0.05, 0) is 40.8 Å². The minimum absolute atomic E-state index is 0.877. The molecule has 0 aliphatic rings. The average Bonchev–Trinajstić information content (AvgIpc) is 3.29. The van der Waals surface area contributed by atoms with Crippen LogP contribution in [0.3, 0.4) is 0 Å². The number of nitrogens with zero attached hydrogens (tertiary/aromatic N) is 1. The zero-order chi connectivity index (χ0) is 17.2. The van der Waals surface area contributed by atoms with Gasteiger partial charge in [0.2, 0.25) is 0 Å². The number of nitrogens with two attached hydrogens (primary N) is 1. The summed E-state index contributed by atoms with van der Waals surface area (Å²) in [5.41, 5.74) is 10.8. The van der Waals surface area contributed by atoms with Crippen LogP contribution in [-0.4, -0.2) is 10.7 Å². The predicted molar refractivity (Wildman–Crippen MR) is 114 cm³/mol. The fourth-order valence-corrected chi connectivity index (χ4v) is 5.71. The summed E-state index contributed by atoms with van der Waals surface area (Å²) in [6, 6.07) is 16.8. The Kier molecular flexibility index (Phi) is 4.79. The molecule has 0 aliphatic carbocycles. The van der Waals surface area contributed by atoms with Gasteiger partial charge in [-0.1, -0.05) is 43.3 Å². The number of pyridine rings is 1. The van der Waals surface area contributed by atoms with Crippen LogP contribution >= 0.6 is 34.4 Å². The summed E-state index contributed by atoms with van der Waals surface area (Å²) in [5.74, 6) is 1.08. The second kappa shape index (κ2) is 7.20. The Hall–Kier alpha value is -1.82. The molecule has 0 fully saturated rings. The van der Waals surface area contributed by atoms with E-state index in [4.69, 9.17) is 10.7 Å². The van der Waals surface area contributed by atoms with Crippen molar-refractivity contribution in [1.29, 1.82) is 0 Å². The summed E-state index contributed by atoms with van der Waals surface area (Å²) in [6.45, 7) is 2.19. The number of rotatable bonds is 5. The van der Waals surface area contributed by atoms with Crippen molar-refractivity contribution < 1.29 is 0 Å². The summed E-state index contributed by atoms with van der Waals surface area (Å²) in [6.07, 6.45) is 1.14. The highest BCUT2D eigenvalue weighted by Crippen LogP contribution is 2.45. The van der Waals surface area contributed by atoms with Gasteiger partial charge in [0, 0.05) is 5.39 Å². The SMILES string of the molecule is CCCSc1sc2nc(-c3cccs3)cc(-c3ccccc3)c2c1N. The van der Waals surface area contributed by atoms with Crippen molar-refractivity contribution in [2.45, 2.75) is 17.6 Å². The van der Waals surface area contributed by atoms with Crippen LogP contribution in [0.25, 0.3) is 31.9 Å². The van der Waals surface area contributed by atoms with Gasteiger partial charge in [-0.2, -0.15) is 0 Å². The van der Waals surface area contributed by atoms with Gasteiger partial charge in [0.15, 0.2) is 0 Å². The number of benzene rings is 1. The van der Waals surface area contributed by atoms with Gasteiger partial charge in [0.25, 0.3) is 0 Å². The van der Waals surface area contributed by atoms with Gasteiger partial charge in [0.05, 0.1) is 20.5 Å². The van der Waals surface area contributed by atoms with E-state index in [9.17, 15) is 0 Å². The summed E-state index contributed by atoms with van der Waals surface area (Å²) < 4.78 is 1.19. The molecular formula is C20H18N2S3. The topological polar surface area (TPSA) is 38.9 Å². The Morgan fingerprint density at radius 3 is 2.68 bits per heavy atom. The van der Waals surface area contributed by atoms with E-state index in [1.165, 1.54) is 20.2 Å². The lowest BCUT2D eigenvalue weighted by atomic mass is 10.0. The third-order valence-electron chi connectivity index (χ3n) is 3.96. The van der Waals surface area contributed by atoms with Gasteiger partial charge >= 0.3 is 0 Å². The zero-order valence-corrected chi connectivity index (χ0v) is 16.3. The first-order valence-electron chi connectivity index (χ1n) is 8.23. The summed E-state index contributed by atoms with van der Waals surface area (Å²) in [7, 11) is 0. The Morgan fingerprint density at radius 1 is 1.12 bits per heavy atom. The standard InChI is InChI=1S/C20H18N2S3/c1-2-10-24-20-18(21)17-14(13-7-4-3-5-8-13)12-15(22-19(17)25-20)16-9-6-11-23-16/h3-9,11-12H,2,10,21H2,1H3. The average molecular weight is 383 g/mol. The summed E-state index contributed by atoms with van der Waals surface area (Å²) in [5, 5.41) is 3.18. The van der Waals surface area contributed by atoms with E-state index < -0.39 is 0 Å². The Morgan fingerprint density at radius 2 is 1.96 bits per heavy atom. The van der Waals surface area contributed by atoms with Crippen molar-refractivity contribution in [3.63, 3.8) is 0 Å². The molecule has 126 valence electrons. The molecule has 3 heterocycles. The minimum atomic E-state index is 0.877. The highest BCUT2D eigenvalue weighted by atomic mass is 32.2. The van der Waals surface area contributed by atoms with E-state index in [1.807, 2.05) is 17.8 Å². The first-order valence-corrected chi connectivity index (χ1v) is 10.9. The van der Waals surface area contributed by atoms with Crippen LogP contribution in [0, 0.1) is 0 Å². The molecule has 0 unspecified atom stereocenters. The lowest BCUT2D eigenvalue weighted by Crippen LogP contribution is -1.90. The highest BCUT2D eigenvalue weighted by Gasteiger charge is 2.18. The molecule has 0 amide bonds. The van der Waals surface area contributed by atoms with Crippen molar-refractivity contribution >= 4 is 50.3 Å². The molecule has 0 atom stereocenters. The first kappa shape index (κ1) is 16.6. The monoisotopic (exact) mass is 382 g/mol. The summed E-state index contributed by atoms with van der Waals surface area (Å²) in [4.78, 5) is 7.15. The maximum atomic E-state index is 6.54. The molecule has 0 bridgehead atoms. The highest BCUT2D eigenvalue weighted by molar-refractivity contribution is 8.01. The van der Waals surface area contributed by atoms with E-state index in [2.05, 4.69) is 54.8 Å². The van der Waals surface area contributed by atoms with Crippen molar-refractivity contribution in [2.75, 3.05) is 11.5 Å². The van der Waals surface area contributed by atoms with Crippen LogP contribution in [-0.2, 0) is 0 Å². The van der Waals surface area contributed by atoms with Crippen molar-refractivity contribution in [3.8, 4) is 21.7 Å². The Bertz CT molecular complexity index is 989. The molecule has 2 nitrogen and oxygen atoms in total. The fourth-order valence-electron chi connectivity index (χ4n) is 2.80. The predicted octanol–water partition coefficient (Wildman–Crippen LogP) is 6.78. The molecule has 4 rings (SSSR count). The van der Waals surface area contributed by atoms with E-state index >= 15 is 0 Å². The van der Waals surface area contributed by atoms with Gasteiger partial charge < -0.3 is 5.73 Å². The van der Waals surface area contributed by atoms with Gasteiger partial charge in [0.1, 0.15) is 4.83 Å². The van der Waals surface area contributed by atoms with E-state index in [0.717, 1.165) is 33.8 Å². The quantitative estimate of drug-likeness (QED) is 0.387. The molecule has 2 N–H and O–H groups in total. The molecule has 0 saturated heterocycles. The number of aromatic nitrogens is 1. The van der Waals surface area contributed by atoms with Crippen LogP contribution in [0.5, 0.6) is 0 Å².